The van der Waals surface area contributed by atoms with Crippen LogP contribution >= 0.6 is 0 Å². The monoisotopic (exact) mass is 241 g/mol. The van der Waals surface area contributed by atoms with E-state index in [0.29, 0.717) is 0 Å². The maximum absolute atomic E-state index is 11.1. The van der Waals surface area contributed by atoms with Crippen LogP contribution < -0.4 is 0 Å². The normalized spacial score (nSPS) is 15.7. The summed E-state index contributed by atoms with van der Waals surface area (Å²) in [6.07, 6.45) is 4.72. The Bertz CT molecular complexity index is 402. The van der Waals surface area contributed by atoms with Crippen LogP contribution in [0.3, 0.4) is 0 Å². The summed E-state index contributed by atoms with van der Waals surface area (Å²) in [5.74, 6) is -0.412. The lowest BCUT2D eigenvalue weighted by atomic mass is 10.9. The van der Waals surface area contributed by atoms with Crippen LogP contribution in [0.5, 0.6) is 0 Å². The number of hydrogen-bond donors (Lipinski definition) is 2. The van der Waals surface area contributed by atoms with Crippen LogP contribution in [0.1, 0.15) is 0 Å². The van der Waals surface area contributed by atoms with Gasteiger partial charge in [-0.3, -0.25) is 0 Å². The Hall–Kier alpha value is -0.620. The van der Waals surface area contributed by atoms with Gasteiger partial charge in [0.1, 0.15) is 21.6 Å². The summed E-state index contributed by atoms with van der Waals surface area (Å²) in [5, 5.41) is 8.94. The second kappa shape index (κ2) is 5.31. The Labute approximate surface area is 83.2 Å². The molecule has 0 saturated heterocycles. The summed E-state index contributed by atoms with van der Waals surface area (Å²) in [4.78, 5) is 0. The Kier molecular flexibility index (Phi) is 5.07. The lowest BCUT2D eigenvalue weighted by Gasteiger charge is -2.03. The zero-order valence-electron chi connectivity index (χ0n) is 7.30. The quantitative estimate of drug-likeness (QED) is 0.351. The molecule has 0 bridgehead atoms. The summed E-state index contributed by atoms with van der Waals surface area (Å²) < 4.78 is 44.5. The molecule has 8 heteroatoms. The maximum atomic E-state index is 11.1. The van der Waals surface area contributed by atoms with E-state index in [0.717, 1.165) is 0 Å². The van der Waals surface area contributed by atoms with Crippen molar-refractivity contribution in [3.05, 3.63) is 0 Å². The second-order valence-corrected chi connectivity index (χ2v) is 6.82. The fraction of sp³-hybridized carbons (Fsp3) is 0.667. The highest BCUT2D eigenvalue weighted by Gasteiger charge is 2.17. The van der Waals surface area contributed by atoms with Crippen LogP contribution in [0.25, 0.3) is 0 Å². The van der Waals surface area contributed by atoms with E-state index in [2.05, 4.69) is 4.74 Å². The number of nitrogens with one attached hydrogen (secondary N) is 1. The Morgan fingerprint density at radius 2 is 2.00 bits per heavy atom. The van der Waals surface area contributed by atoms with Gasteiger partial charge in [0, 0.05) is 5.25 Å². The molecule has 6 nitrogen and oxygen atoms in total. The molecule has 0 aliphatic heterocycles. The molecule has 14 heavy (non-hydrogen) atoms. The third-order valence-corrected chi connectivity index (χ3v) is 5.10. The third kappa shape index (κ3) is 5.93. The van der Waals surface area contributed by atoms with Crippen molar-refractivity contribution in [2.75, 3.05) is 24.2 Å². The van der Waals surface area contributed by atoms with Crippen molar-refractivity contribution in [3.8, 4) is 11.7 Å². The lowest BCUT2D eigenvalue weighted by molar-refractivity contribution is 0.00634. The predicted molar refractivity (Wildman–Crippen MR) is 51.4 cm³/mol. The Balaban J connectivity index is 4.32. The second-order valence-electron chi connectivity index (χ2n) is 2.40. The molecule has 0 saturated carbocycles. The molecule has 0 radical (unpaired) electrons. The maximum Gasteiger partial charge on any atom is 0.166 e. The molecule has 1 unspecified atom stereocenters. The SMILES string of the molecule is C#CS(=N)(=O)CS(=O)(=O)CCOCO. The van der Waals surface area contributed by atoms with Crippen molar-refractivity contribution in [2.45, 2.75) is 0 Å². The van der Waals surface area contributed by atoms with Crippen molar-refractivity contribution >= 4 is 19.6 Å². The summed E-state index contributed by atoms with van der Waals surface area (Å²) in [6, 6.07) is 0. The number of sulfone groups is 1. The van der Waals surface area contributed by atoms with E-state index in [1.807, 2.05) is 0 Å². The van der Waals surface area contributed by atoms with E-state index in [-0.39, 0.29) is 6.61 Å². The standard InChI is InChI=1S/C6H11NO5S2/c1-2-13(7,9)6-14(10,11)4-3-12-5-8/h1,7-8H,3-6H2. The van der Waals surface area contributed by atoms with E-state index < -0.39 is 37.2 Å². The van der Waals surface area contributed by atoms with Gasteiger partial charge < -0.3 is 9.84 Å². The first-order chi connectivity index (χ1) is 6.33. The molecule has 0 amide bonds. The van der Waals surface area contributed by atoms with Gasteiger partial charge in [0.05, 0.1) is 12.4 Å². The average molecular weight is 241 g/mol. The molecule has 0 aliphatic rings. The van der Waals surface area contributed by atoms with Gasteiger partial charge in [0.2, 0.25) is 0 Å². The Morgan fingerprint density at radius 1 is 1.43 bits per heavy atom. The highest BCUT2D eigenvalue weighted by molar-refractivity contribution is 8.10. The van der Waals surface area contributed by atoms with Gasteiger partial charge in [-0.15, -0.1) is 6.42 Å². The van der Waals surface area contributed by atoms with Gasteiger partial charge in [-0.1, -0.05) is 0 Å². The smallest absolute Gasteiger partial charge is 0.166 e. The van der Waals surface area contributed by atoms with Crippen molar-refractivity contribution in [2.24, 2.45) is 0 Å². The van der Waals surface area contributed by atoms with E-state index >= 15 is 0 Å². The number of terminal acetylenes is 1. The van der Waals surface area contributed by atoms with E-state index in [1.165, 1.54) is 0 Å². The molecule has 0 heterocycles. The minimum atomic E-state index is -3.67. The summed E-state index contributed by atoms with van der Waals surface area (Å²) in [7, 11) is -7.16. The van der Waals surface area contributed by atoms with Crippen molar-refractivity contribution < 1.29 is 22.5 Å². The number of aliphatic hydroxyl groups excluding tert-OH is 1. The largest absolute Gasteiger partial charge is 0.371 e. The molecule has 0 spiro atoms. The molecule has 0 aliphatic carbocycles. The highest BCUT2D eigenvalue weighted by Crippen LogP contribution is 1.98. The molecule has 0 rings (SSSR count). The van der Waals surface area contributed by atoms with Gasteiger partial charge in [0.15, 0.2) is 9.84 Å². The van der Waals surface area contributed by atoms with Crippen molar-refractivity contribution in [1.29, 1.82) is 4.78 Å². The third-order valence-electron chi connectivity index (χ3n) is 1.17. The molecule has 0 aromatic carbocycles. The first kappa shape index (κ1) is 13.4. The average Bonchev–Trinajstić information content (AvgIpc) is 2.03. The molecule has 1 atom stereocenters. The fourth-order valence-corrected chi connectivity index (χ4v) is 3.73. The lowest BCUT2D eigenvalue weighted by Crippen LogP contribution is -2.20. The highest BCUT2D eigenvalue weighted by atomic mass is 32.3. The molecular weight excluding hydrogens is 230 g/mol. The molecule has 0 fully saturated rings. The van der Waals surface area contributed by atoms with Crippen LogP contribution in [0.15, 0.2) is 0 Å². The number of ether oxygens (including phenoxy) is 1. The van der Waals surface area contributed by atoms with E-state index in [9.17, 15) is 12.6 Å². The molecular formula is C6H11NO5S2. The fourth-order valence-electron chi connectivity index (χ4n) is 0.596. The van der Waals surface area contributed by atoms with Crippen molar-refractivity contribution in [1.82, 2.24) is 0 Å². The zero-order chi connectivity index (χ0) is 11.2. The van der Waals surface area contributed by atoms with Crippen LogP contribution in [-0.4, -0.2) is 42.0 Å². The van der Waals surface area contributed by atoms with Gasteiger partial charge in [-0.05, 0) is 0 Å². The van der Waals surface area contributed by atoms with E-state index in [1.54, 1.807) is 5.25 Å². The molecule has 0 aromatic heterocycles. The summed E-state index contributed by atoms with van der Waals surface area (Å²) in [6.45, 7) is -0.792. The first-order valence-electron chi connectivity index (χ1n) is 3.46. The van der Waals surface area contributed by atoms with Crippen molar-refractivity contribution in [3.63, 3.8) is 0 Å². The van der Waals surface area contributed by atoms with Gasteiger partial charge in [-0.25, -0.2) is 17.4 Å². The minimum absolute atomic E-state index is 0.209. The van der Waals surface area contributed by atoms with Gasteiger partial charge in [-0.2, -0.15) is 0 Å². The first-order valence-corrected chi connectivity index (χ1v) is 7.01. The van der Waals surface area contributed by atoms with Gasteiger partial charge >= 0.3 is 0 Å². The summed E-state index contributed by atoms with van der Waals surface area (Å²) in [5.41, 5.74) is 0. The van der Waals surface area contributed by atoms with Crippen LogP contribution in [0.4, 0.5) is 0 Å². The number of aliphatic hydroxyl groups is 1. The van der Waals surface area contributed by atoms with E-state index in [4.69, 9.17) is 16.3 Å². The topological polar surface area (TPSA) is 105 Å². The zero-order valence-corrected chi connectivity index (χ0v) is 8.94. The number of hydrogen-bond acceptors (Lipinski definition) is 6. The molecule has 0 aromatic rings. The number of rotatable bonds is 6. The minimum Gasteiger partial charge on any atom is -0.371 e. The molecule has 82 valence electrons. The van der Waals surface area contributed by atoms with Gasteiger partial charge in [0.25, 0.3) is 0 Å². The van der Waals surface area contributed by atoms with Crippen LogP contribution in [0, 0.1) is 16.5 Å². The van der Waals surface area contributed by atoms with Crippen LogP contribution in [-0.2, 0) is 24.3 Å². The summed E-state index contributed by atoms with van der Waals surface area (Å²) >= 11 is 0. The van der Waals surface area contributed by atoms with Crippen LogP contribution in [0.2, 0.25) is 0 Å². The predicted octanol–water partition coefficient (Wildman–Crippen LogP) is -1.04. The molecule has 2 N–H and O–H groups in total. The Morgan fingerprint density at radius 3 is 2.43 bits per heavy atom.